The molecule has 2 heterocycles. The molecule has 9 heteroatoms. The van der Waals surface area contributed by atoms with Gasteiger partial charge in [-0.25, -0.2) is 0 Å². The lowest BCUT2D eigenvalue weighted by Crippen LogP contribution is -2.46. The van der Waals surface area contributed by atoms with Crippen LogP contribution in [0.15, 0.2) is 47.5 Å². The second kappa shape index (κ2) is 8.41. The third-order valence-corrected chi connectivity index (χ3v) is 5.53. The van der Waals surface area contributed by atoms with Crippen molar-refractivity contribution in [1.82, 2.24) is 24.9 Å². The third kappa shape index (κ3) is 4.15. The van der Waals surface area contributed by atoms with Crippen molar-refractivity contribution in [3.05, 3.63) is 63.7 Å². The lowest BCUT2D eigenvalue weighted by molar-refractivity contribution is 0.0716. The number of nitrogens with one attached hydrogen (secondary N) is 1. The third-order valence-electron chi connectivity index (χ3n) is 5.28. The predicted molar refractivity (Wildman–Crippen MR) is 113 cm³/mol. The topological polar surface area (TPSA) is 102 Å². The zero-order valence-electron chi connectivity index (χ0n) is 16.5. The molecule has 0 unspecified atom stereocenters. The maximum Gasteiger partial charge on any atom is 0.284 e. The molecule has 1 aromatic carbocycles. The van der Waals surface area contributed by atoms with E-state index in [1.165, 1.54) is 16.9 Å². The van der Waals surface area contributed by atoms with Gasteiger partial charge in [-0.1, -0.05) is 36.6 Å². The van der Waals surface area contributed by atoms with Crippen LogP contribution in [0.1, 0.15) is 36.0 Å². The van der Waals surface area contributed by atoms with E-state index in [9.17, 15) is 14.7 Å². The Morgan fingerprint density at radius 2 is 1.97 bits per heavy atom. The molecule has 4 rings (SSSR count). The average molecular weight is 428 g/mol. The normalized spacial score (nSPS) is 18.9. The highest BCUT2D eigenvalue weighted by molar-refractivity contribution is 6.30. The minimum atomic E-state index is -0.610. The van der Waals surface area contributed by atoms with Crippen molar-refractivity contribution in [1.29, 1.82) is 0 Å². The first-order valence-electron chi connectivity index (χ1n) is 9.80. The van der Waals surface area contributed by atoms with E-state index < -0.39 is 17.6 Å². The summed E-state index contributed by atoms with van der Waals surface area (Å²) in [4.78, 5) is 26.1. The summed E-state index contributed by atoms with van der Waals surface area (Å²) in [5, 5.41) is 22.1. The van der Waals surface area contributed by atoms with E-state index in [0.29, 0.717) is 34.8 Å². The molecule has 1 saturated carbocycles. The van der Waals surface area contributed by atoms with Crippen LogP contribution >= 0.6 is 11.6 Å². The molecule has 0 saturated heterocycles. The van der Waals surface area contributed by atoms with Crippen LogP contribution in [-0.2, 0) is 7.05 Å². The summed E-state index contributed by atoms with van der Waals surface area (Å²) >= 11 is 5.98. The molecule has 0 aliphatic heterocycles. The van der Waals surface area contributed by atoms with Gasteiger partial charge in [-0.3, -0.25) is 14.3 Å². The summed E-state index contributed by atoms with van der Waals surface area (Å²) in [6.45, 7) is 0. The van der Waals surface area contributed by atoms with Gasteiger partial charge < -0.3 is 10.4 Å². The Morgan fingerprint density at radius 1 is 1.23 bits per heavy atom. The zero-order valence-corrected chi connectivity index (χ0v) is 17.2. The summed E-state index contributed by atoms with van der Waals surface area (Å²) in [7, 11) is 1.73. The van der Waals surface area contributed by atoms with Gasteiger partial charge in [-0.15, -0.1) is 0 Å². The molecule has 1 aliphatic carbocycles. The van der Waals surface area contributed by atoms with Crippen LogP contribution in [0.25, 0.3) is 16.9 Å². The van der Waals surface area contributed by atoms with E-state index in [1.807, 2.05) is 0 Å². The number of halogens is 1. The van der Waals surface area contributed by atoms with Crippen molar-refractivity contribution >= 4 is 17.5 Å². The minimum absolute atomic E-state index is 0.0448. The number of nitrogens with zero attached hydrogens (tertiary/aromatic N) is 4. The fourth-order valence-corrected chi connectivity index (χ4v) is 3.76. The number of carbonyl (C=O) groups is 1. The number of hydrogen-bond donors (Lipinski definition) is 2. The predicted octanol–water partition coefficient (Wildman–Crippen LogP) is 2.32. The van der Waals surface area contributed by atoms with Gasteiger partial charge in [0.1, 0.15) is 11.3 Å². The second-order valence-corrected chi connectivity index (χ2v) is 7.91. The largest absolute Gasteiger partial charge is 0.391 e. The van der Waals surface area contributed by atoms with Gasteiger partial charge in [-0.2, -0.15) is 14.9 Å². The van der Waals surface area contributed by atoms with Gasteiger partial charge in [0.25, 0.3) is 11.5 Å². The number of aliphatic hydroxyl groups excluding tert-OH is 1. The van der Waals surface area contributed by atoms with Gasteiger partial charge in [0.2, 0.25) is 0 Å². The first kappa shape index (κ1) is 20.3. The van der Waals surface area contributed by atoms with Gasteiger partial charge in [0, 0.05) is 17.6 Å². The number of carbonyl (C=O) groups excluding carboxylic acids is 1. The van der Waals surface area contributed by atoms with Crippen LogP contribution < -0.4 is 10.9 Å². The quantitative estimate of drug-likeness (QED) is 0.665. The Labute approximate surface area is 178 Å². The Hall–Kier alpha value is -2.97. The van der Waals surface area contributed by atoms with E-state index >= 15 is 0 Å². The molecule has 0 bridgehead atoms. The average Bonchev–Trinajstić information content (AvgIpc) is 3.16. The number of amides is 1. The first-order valence-corrected chi connectivity index (χ1v) is 10.2. The van der Waals surface area contributed by atoms with Crippen LogP contribution in [0, 0.1) is 0 Å². The highest BCUT2D eigenvalue weighted by Crippen LogP contribution is 2.21. The second-order valence-electron chi connectivity index (χ2n) is 7.47. The van der Waals surface area contributed by atoms with E-state index in [2.05, 4.69) is 15.5 Å². The van der Waals surface area contributed by atoms with E-state index in [1.54, 1.807) is 42.2 Å². The molecule has 1 aliphatic rings. The molecule has 30 heavy (non-hydrogen) atoms. The summed E-state index contributed by atoms with van der Waals surface area (Å²) in [6, 6.07) is 8.09. The molecule has 0 radical (unpaired) electrons. The molecule has 2 atom stereocenters. The van der Waals surface area contributed by atoms with Crippen molar-refractivity contribution in [3.8, 4) is 16.9 Å². The first-order chi connectivity index (χ1) is 14.4. The van der Waals surface area contributed by atoms with Gasteiger partial charge >= 0.3 is 0 Å². The number of aryl methyl sites for hydroxylation is 1. The zero-order chi connectivity index (χ0) is 21.3. The van der Waals surface area contributed by atoms with Crippen molar-refractivity contribution in [2.45, 2.75) is 37.8 Å². The van der Waals surface area contributed by atoms with Crippen molar-refractivity contribution in [2.75, 3.05) is 0 Å². The van der Waals surface area contributed by atoms with Crippen LogP contribution in [0.5, 0.6) is 0 Å². The monoisotopic (exact) mass is 427 g/mol. The molecule has 2 N–H and O–H groups in total. The van der Waals surface area contributed by atoms with Crippen LogP contribution in [-0.4, -0.2) is 42.7 Å². The van der Waals surface area contributed by atoms with Crippen LogP contribution in [0.3, 0.4) is 0 Å². The van der Waals surface area contributed by atoms with Crippen molar-refractivity contribution in [2.24, 2.45) is 7.05 Å². The number of hydrogen-bond acceptors (Lipinski definition) is 5. The summed E-state index contributed by atoms with van der Waals surface area (Å²) in [6.07, 6.45) is 5.71. The lowest BCUT2D eigenvalue weighted by atomic mass is 9.92. The number of aromatic nitrogens is 4. The summed E-state index contributed by atoms with van der Waals surface area (Å²) in [5.74, 6) is -0.527. The van der Waals surface area contributed by atoms with Gasteiger partial charge in [0.15, 0.2) is 0 Å². The Balaban J connectivity index is 1.78. The van der Waals surface area contributed by atoms with E-state index in [-0.39, 0.29) is 11.6 Å². The highest BCUT2D eigenvalue weighted by atomic mass is 35.5. The lowest BCUT2D eigenvalue weighted by Gasteiger charge is -2.28. The summed E-state index contributed by atoms with van der Waals surface area (Å²) < 4.78 is 2.72. The van der Waals surface area contributed by atoms with Gasteiger partial charge in [-0.05, 0) is 31.0 Å². The molecule has 1 amide bonds. The van der Waals surface area contributed by atoms with E-state index in [4.69, 9.17) is 11.6 Å². The maximum absolute atomic E-state index is 13.1. The molecular weight excluding hydrogens is 406 g/mol. The van der Waals surface area contributed by atoms with Crippen LogP contribution in [0.2, 0.25) is 5.02 Å². The standard InChI is InChI=1S/C21H22ClN5O3/c1-26-12-15(11-23-26)27-21(30)16(20(29)24-17-4-2-3-5-19(17)28)10-18(25-27)13-6-8-14(22)9-7-13/h6-12,17,19,28H,2-5H2,1H3,(H,24,29)/t17-,19+/m0/s1. The SMILES string of the molecule is Cn1cc(-n2nc(-c3ccc(Cl)cc3)cc(C(=O)N[C@H]3CCCC[C@H]3O)c2=O)cn1. The fourth-order valence-electron chi connectivity index (χ4n) is 3.64. The molecule has 1 fully saturated rings. The molecule has 8 nitrogen and oxygen atoms in total. The van der Waals surface area contributed by atoms with Crippen LogP contribution in [0.4, 0.5) is 0 Å². The Kier molecular flexibility index (Phi) is 5.69. The molecule has 156 valence electrons. The van der Waals surface area contributed by atoms with Crippen molar-refractivity contribution in [3.63, 3.8) is 0 Å². The smallest absolute Gasteiger partial charge is 0.284 e. The van der Waals surface area contributed by atoms with Gasteiger partial charge in [0.05, 0.1) is 30.2 Å². The number of benzene rings is 1. The minimum Gasteiger partial charge on any atom is -0.391 e. The Bertz CT molecular complexity index is 1120. The van der Waals surface area contributed by atoms with E-state index in [0.717, 1.165) is 12.8 Å². The Morgan fingerprint density at radius 3 is 2.63 bits per heavy atom. The highest BCUT2D eigenvalue weighted by Gasteiger charge is 2.27. The molecule has 0 spiro atoms. The summed E-state index contributed by atoms with van der Waals surface area (Å²) in [5.41, 5.74) is 1.01. The maximum atomic E-state index is 13.1. The molecule has 3 aromatic rings. The fraction of sp³-hybridized carbons (Fsp3) is 0.333. The molecular formula is C21H22ClN5O3. The van der Waals surface area contributed by atoms with Crippen molar-refractivity contribution < 1.29 is 9.90 Å². The molecule has 2 aromatic heterocycles. The number of rotatable bonds is 4. The number of aliphatic hydroxyl groups is 1.